The van der Waals surface area contributed by atoms with Gasteiger partial charge in [-0.05, 0) is 46.9 Å². The van der Waals surface area contributed by atoms with E-state index in [4.69, 9.17) is 0 Å². The molecule has 1 heterocycles. The number of nitrogens with one attached hydrogen (secondary N) is 1. The van der Waals surface area contributed by atoms with Crippen LogP contribution in [-0.2, 0) is 0 Å². The Balaban J connectivity index is 2.27. The minimum absolute atomic E-state index is 0.143. The molecule has 0 spiro atoms. The maximum Gasteiger partial charge on any atom is 0.283 e. The smallest absolute Gasteiger partial charge is 0.283 e. The molecule has 4 nitrogen and oxygen atoms in total. The van der Waals surface area contributed by atoms with Gasteiger partial charge in [-0.15, -0.1) is 0 Å². The number of nitro groups is 1. The third kappa shape index (κ3) is 2.41. The summed E-state index contributed by atoms with van der Waals surface area (Å²) in [7, 11) is 0. The zero-order valence-electron chi connectivity index (χ0n) is 8.78. The van der Waals surface area contributed by atoms with Crippen LogP contribution in [0.4, 0.5) is 5.69 Å². The second kappa shape index (κ2) is 4.93. The number of nitrogens with zero attached hydrogens (tertiary/aromatic N) is 1. The molecule has 1 aromatic carbocycles. The summed E-state index contributed by atoms with van der Waals surface area (Å²) < 4.78 is 0.539. The molecule has 16 heavy (non-hydrogen) atoms. The van der Waals surface area contributed by atoms with Gasteiger partial charge in [0.05, 0.1) is 9.40 Å². The quantitative estimate of drug-likeness (QED) is 0.670. The number of benzene rings is 1. The van der Waals surface area contributed by atoms with E-state index < -0.39 is 0 Å². The molecule has 1 atom stereocenters. The summed E-state index contributed by atoms with van der Waals surface area (Å²) in [5.41, 5.74) is 1.15. The Bertz CT molecular complexity index is 403. The lowest BCUT2D eigenvalue weighted by Gasteiger charge is -2.23. The van der Waals surface area contributed by atoms with E-state index in [1.165, 1.54) is 12.8 Å². The summed E-state index contributed by atoms with van der Waals surface area (Å²) in [5, 5.41) is 14.2. The Morgan fingerprint density at radius 3 is 2.88 bits per heavy atom. The Morgan fingerprint density at radius 2 is 2.25 bits per heavy atom. The van der Waals surface area contributed by atoms with Crippen molar-refractivity contribution in [3.63, 3.8) is 0 Å². The Morgan fingerprint density at radius 1 is 1.44 bits per heavy atom. The van der Waals surface area contributed by atoms with Crippen LogP contribution in [0.25, 0.3) is 0 Å². The zero-order valence-corrected chi connectivity index (χ0v) is 10.4. The molecule has 0 aliphatic carbocycles. The van der Waals surface area contributed by atoms with Gasteiger partial charge >= 0.3 is 0 Å². The topological polar surface area (TPSA) is 55.2 Å². The number of hydrogen-bond acceptors (Lipinski definition) is 3. The molecule has 0 saturated carbocycles. The van der Waals surface area contributed by atoms with Gasteiger partial charge in [-0.2, -0.15) is 0 Å². The summed E-state index contributed by atoms with van der Waals surface area (Å²) in [6.07, 6.45) is 3.43. The fourth-order valence-corrected chi connectivity index (χ4v) is 2.41. The van der Waals surface area contributed by atoms with E-state index in [0.717, 1.165) is 18.5 Å². The third-order valence-corrected chi connectivity index (χ3v) is 3.55. The van der Waals surface area contributed by atoms with Gasteiger partial charge in [-0.1, -0.05) is 12.5 Å². The van der Waals surface area contributed by atoms with Crippen LogP contribution in [0.3, 0.4) is 0 Å². The van der Waals surface area contributed by atoms with Gasteiger partial charge in [0.2, 0.25) is 0 Å². The summed E-state index contributed by atoms with van der Waals surface area (Å²) >= 11 is 3.19. The standard InChI is InChI=1S/C11H13BrN2O2/c12-9-5-4-8(7-11(9)14(15)16)10-3-1-2-6-13-10/h4-5,7,10,13H,1-3,6H2/t10-/m0/s1. The van der Waals surface area contributed by atoms with Gasteiger partial charge in [0.25, 0.3) is 5.69 Å². The molecule has 1 saturated heterocycles. The molecule has 0 radical (unpaired) electrons. The highest BCUT2D eigenvalue weighted by atomic mass is 79.9. The van der Waals surface area contributed by atoms with E-state index in [-0.39, 0.29) is 16.7 Å². The van der Waals surface area contributed by atoms with Crippen molar-refractivity contribution in [1.29, 1.82) is 0 Å². The van der Waals surface area contributed by atoms with Gasteiger partial charge in [-0.3, -0.25) is 10.1 Å². The Kier molecular flexibility index (Phi) is 3.56. The lowest BCUT2D eigenvalue weighted by atomic mass is 9.97. The summed E-state index contributed by atoms with van der Waals surface area (Å²) in [6.45, 7) is 0.995. The van der Waals surface area contributed by atoms with Crippen LogP contribution < -0.4 is 5.32 Å². The molecule has 0 bridgehead atoms. The van der Waals surface area contributed by atoms with Crippen molar-refractivity contribution < 1.29 is 4.92 Å². The summed E-state index contributed by atoms with van der Waals surface area (Å²) in [6, 6.07) is 5.62. The zero-order chi connectivity index (χ0) is 11.5. The number of halogens is 1. The average molecular weight is 285 g/mol. The number of rotatable bonds is 2. The number of nitro benzene ring substituents is 1. The minimum atomic E-state index is -0.351. The molecular formula is C11H13BrN2O2. The predicted molar refractivity (Wildman–Crippen MR) is 65.4 cm³/mol. The number of hydrogen-bond donors (Lipinski definition) is 1. The first-order valence-electron chi connectivity index (χ1n) is 5.35. The Labute approximate surface area is 102 Å². The maximum absolute atomic E-state index is 10.8. The van der Waals surface area contributed by atoms with E-state index in [1.54, 1.807) is 12.1 Å². The van der Waals surface area contributed by atoms with Crippen molar-refractivity contribution >= 4 is 21.6 Å². The van der Waals surface area contributed by atoms with Crippen molar-refractivity contribution in [1.82, 2.24) is 5.32 Å². The first kappa shape index (κ1) is 11.5. The fourth-order valence-electron chi connectivity index (χ4n) is 2.02. The molecule has 1 aliphatic heterocycles. The second-order valence-electron chi connectivity index (χ2n) is 3.97. The van der Waals surface area contributed by atoms with Gasteiger partial charge in [-0.25, -0.2) is 0 Å². The lowest BCUT2D eigenvalue weighted by molar-refractivity contribution is -0.385. The normalized spacial score (nSPS) is 20.7. The van der Waals surface area contributed by atoms with Gasteiger partial charge < -0.3 is 5.32 Å². The largest absolute Gasteiger partial charge is 0.310 e. The van der Waals surface area contributed by atoms with E-state index in [0.29, 0.717) is 4.47 Å². The summed E-state index contributed by atoms with van der Waals surface area (Å²) in [5.74, 6) is 0. The highest BCUT2D eigenvalue weighted by Gasteiger charge is 2.19. The van der Waals surface area contributed by atoms with E-state index in [2.05, 4.69) is 21.2 Å². The van der Waals surface area contributed by atoms with Crippen molar-refractivity contribution in [2.75, 3.05) is 6.54 Å². The van der Waals surface area contributed by atoms with Gasteiger partial charge in [0.1, 0.15) is 0 Å². The molecule has 0 amide bonds. The van der Waals surface area contributed by atoms with Crippen LogP contribution in [0.1, 0.15) is 30.9 Å². The van der Waals surface area contributed by atoms with E-state index in [9.17, 15) is 10.1 Å². The molecule has 5 heteroatoms. The first-order valence-corrected chi connectivity index (χ1v) is 6.15. The molecule has 2 rings (SSSR count). The van der Waals surface area contributed by atoms with Crippen molar-refractivity contribution in [2.45, 2.75) is 25.3 Å². The molecule has 1 fully saturated rings. The SMILES string of the molecule is O=[N+]([O-])c1cc([C@@H]2CCCCN2)ccc1Br. The summed E-state index contributed by atoms with van der Waals surface area (Å²) in [4.78, 5) is 10.5. The average Bonchev–Trinajstić information content (AvgIpc) is 2.30. The fraction of sp³-hybridized carbons (Fsp3) is 0.455. The number of piperidine rings is 1. The molecular weight excluding hydrogens is 272 g/mol. The van der Waals surface area contributed by atoms with Crippen LogP contribution in [0.15, 0.2) is 22.7 Å². The van der Waals surface area contributed by atoms with Gasteiger partial charge in [0.15, 0.2) is 0 Å². The van der Waals surface area contributed by atoms with Crippen molar-refractivity contribution in [3.8, 4) is 0 Å². The molecule has 0 unspecified atom stereocenters. The third-order valence-electron chi connectivity index (χ3n) is 2.88. The first-order chi connectivity index (χ1) is 7.68. The van der Waals surface area contributed by atoms with Crippen LogP contribution >= 0.6 is 15.9 Å². The molecule has 1 aromatic rings. The lowest BCUT2D eigenvalue weighted by Crippen LogP contribution is -2.26. The van der Waals surface area contributed by atoms with Crippen molar-refractivity contribution in [3.05, 3.63) is 38.3 Å². The van der Waals surface area contributed by atoms with Crippen LogP contribution in [0.5, 0.6) is 0 Å². The van der Waals surface area contributed by atoms with Gasteiger partial charge in [0, 0.05) is 12.1 Å². The van der Waals surface area contributed by atoms with Crippen molar-refractivity contribution in [2.24, 2.45) is 0 Å². The minimum Gasteiger partial charge on any atom is -0.310 e. The van der Waals surface area contributed by atoms with E-state index in [1.807, 2.05) is 6.07 Å². The highest BCUT2D eigenvalue weighted by Crippen LogP contribution is 2.30. The Hall–Kier alpha value is -0.940. The molecule has 86 valence electrons. The molecule has 1 aliphatic rings. The monoisotopic (exact) mass is 284 g/mol. The van der Waals surface area contributed by atoms with Crippen LogP contribution in [-0.4, -0.2) is 11.5 Å². The van der Waals surface area contributed by atoms with Crippen LogP contribution in [0.2, 0.25) is 0 Å². The van der Waals surface area contributed by atoms with E-state index >= 15 is 0 Å². The van der Waals surface area contributed by atoms with Crippen LogP contribution in [0, 0.1) is 10.1 Å². The molecule has 0 aromatic heterocycles. The predicted octanol–water partition coefficient (Wildman–Crippen LogP) is 3.17. The maximum atomic E-state index is 10.8. The highest BCUT2D eigenvalue weighted by molar-refractivity contribution is 9.10. The second-order valence-corrected chi connectivity index (χ2v) is 4.82. The molecule has 1 N–H and O–H groups in total.